The van der Waals surface area contributed by atoms with Crippen LogP contribution in [0.4, 0.5) is 11.4 Å². The zero-order valence-corrected chi connectivity index (χ0v) is 9.15. The molecule has 0 amide bonds. The Bertz CT molecular complexity index is 383. The Morgan fingerprint density at radius 3 is 2.54 bits per heavy atom. The van der Waals surface area contributed by atoms with Gasteiger partial charge in [0.25, 0.3) is 5.69 Å². The lowest BCUT2D eigenvalue weighted by atomic mass is 10.3. The van der Waals surface area contributed by atoms with Crippen molar-refractivity contribution in [3.05, 3.63) is 30.7 Å². The van der Waals surface area contributed by atoms with Gasteiger partial charge in [-0.1, -0.05) is 23.2 Å². The number of halogens is 3. The van der Waals surface area contributed by atoms with Crippen LogP contribution in [0.2, 0.25) is 10.0 Å². The van der Waals surface area contributed by atoms with Crippen molar-refractivity contribution in [1.29, 1.82) is 0 Å². The van der Waals surface area contributed by atoms with E-state index in [2.05, 4.69) is 15.9 Å². The van der Waals surface area contributed by atoms with E-state index in [0.29, 0.717) is 0 Å². The molecule has 0 aromatic heterocycles. The van der Waals surface area contributed by atoms with Crippen molar-refractivity contribution in [2.45, 2.75) is 0 Å². The third-order valence-electron chi connectivity index (χ3n) is 1.37. The number of benzene rings is 1. The van der Waals surface area contributed by atoms with Crippen molar-refractivity contribution in [2.75, 3.05) is 5.73 Å². The zero-order chi connectivity index (χ0) is 10.2. The highest BCUT2D eigenvalue weighted by Crippen LogP contribution is 2.40. The van der Waals surface area contributed by atoms with Gasteiger partial charge in [0.15, 0.2) is 0 Å². The molecular formula is C6H3BrCl2N2O2. The minimum atomic E-state index is -0.623. The molecule has 0 unspecified atom stereocenters. The number of anilines is 1. The molecule has 0 fully saturated rings. The Hall–Kier alpha value is -0.520. The van der Waals surface area contributed by atoms with Gasteiger partial charge >= 0.3 is 0 Å². The summed E-state index contributed by atoms with van der Waals surface area (Å²) in [4.78, 5) is 9.82. The predicted octanol–water partition coefficient (Wildman–Crippen LogP) is 3.25. The second-order valence-electron chi connectivity index (χ2n) is 2.18. The number of hydrogen-bond acceptors (Lipinski definition) is 3. The smallest absolute Gasteiger partial charge is 0.294 e. The van der Waals surface area contributed by atoms with E-state index in [-0.39, 0.29) is 25.9 Å². The fourth-order valence-electron chi connectivity index (χ4n) is 0.748. The minimum Gasteiger partial charge on any atom is -0.392 e. The average Bonchev–Trinajstić information content (AvgIpc) is 2.07. The molecule has 0 aliphatic rings. The van der Waals surface area contributed by atoms with E-state index in [0.717, 1.165) is 6.07 Å². The fourth-order valence-corrected chi connectivity index (χ4v) is 1.63. The molecule has 1 aromatic rings. The first-order valence-electron chi connectivity index (χ1n) is 3.02. The van der Waals surface area contributed by atoms with E-state index >= 15 is 0 Å². The van der Waals surface area contributed by atoms with Crippen molar-refractivity contribution in [3.8, 4) is 0 Å². The van der Waals surface area contributed by atoms with E-state index < -0.39 is 4.92 Å². The lowest BCUT2D eigenvalue weighted by Crippen LogP contribution is -1.97. The first-order chi connectivity index (χ1) is 5.95. The van der Waals surface area contributed by atoms with Gasteiger partial charge in [-0.15, -0.1) is 0 Å². The summed E-state index contributed by atoms with van der Waals surface area (Å²) in [5, 5.41) is 10.7. The Morgan fingerprint density at radius 1 is 1.54 bits per heavy atom. The third kappa shape index (κ3) is 1.87. The summed E-state index contributed by atoms with van der Waals surface area (Å²) in [5.74, 6) is 0. The highest BCUT2D eigenvalue weighted by atomic mass is 79.9. The summed E-state index contributed by atoms with van der Waals surface area (Å²) >= 11 is 14.3. The summed E-state index contributed by atoms with van der Waals surface area (Å²) in [6.07, 6.45) is 0. The SMILES string of the molecule is Nc1c([N+](=O)[O-])cc(Cl)c(Cl)c1Br. The van der Waals surface area contributed by atoms with Crippen molar-refractivity contribution in [1.82, 2.24) is 0 Å². The fraction of sp³-hybridized carbons (Fsp3) is 0. The Morgan fingerprint density at radius 2 is 2.08 bits per heavy atom. The van der Waals surface area contributed by atoms with Crippen LogP contribution in [0.1, 0.15) is 0 Å². The number of nitrogens with zero attached hydrogens (tertiary/aromatic N) is 1. The Labute approximate surface area is 91.9 Å². The molecule has 0 heterocycles. The van der Waals surface area contributed by atoms with Crippen LogP contribution >= 0.6 is 39.1 Å². The van der Waals surface area contributed by atoms with E-state index in [1.165, 1.54) is 0 Å². The van der Waals surface area contributed by atoms with Crippen LogP contribution in [-0.4, -0.2) is 4.92 Å². The monoisotopic (exact) mass is 284 g/mol. The largest absolute Gasteiger partial charge is 0.392 e. The van der Waals surface area contributed by atoms with Crippen LogP contribution in [-0.2, 0) is 0 Å². The molecule has 0 spiro atoms. The van der Waals surface area contributed by atoms with Gasteiger partial charge in [0.05, 0.1) is 19.4 Å². The van der Waals surface area contributed by atoms with Gasteiger partial charge in [-0.3, -0.25) is 10.1 Å². The predicted molar refractivity (Wildman–Crippen MR) is 55.2 cm³/mol. The molecule has 1 rings (SSSR count). The maximum Gasteiger partial charge on any atom is 0.294 e. The normalized spacial score (nSPS) is 10.1. The number of rotatable bonds is 1. The molecular weight excluding hydrogens is 283 g/mol. The Balaban J connectivity index is 3.50. The average molecular weight is 286 g/mol. The van der Waals surface area contributed by atoms with Crippen LogP contribution < -0.4 is 5.73 Å². The molecule has 0 bridgehead atoms. The van der Waals surface area contributed by atoms with E-state index in [1.807, 2.05) is 0 Å². The number of nitrogen functional groups attached to an aromatic ring is 1. The summed E-state index contributed by atoms with van der Waals surface area (Å²) in [5.41, 5.74) is 5.13. The number of nitro groups is 1. The second-order valence-corrected chi connectivity index (χ2v) is 3.75. The minimum absolute atomic E-state index is 0.0283. The quantitative estimate of drug-likeness (QED) is 0.373. The van der Waals surface area contributed by atoms with Crippen LogP contribution in [0.5, 0.6) is 0 Å². The van der Waals surface area contributed by atoms with Gasteiger partial charge in [0.1, 0.15) is 5.69 Å². The highest BCUT2D eigenvalue weighted by molar-refractivity contribution is 9.10. The molecule has 0 radical (unpaired) electrons. The second kappa shape index (κ2) is 3.69. The van der Waals surface area contributed by atoms with Gasteiger partial charge in [-0.25, -0.2) is 0 Å². The number of hydrogen-bond donors (Lipinski definition) is 1. The van der Waals surface area contributed by atoms with Crippen molar-refractivity contribution >= 4 is 50.5 Å². The summed E-state index contributed by atoms with van der Waals surface area (Å²) < 4.78 is 0.244. The summed E-state index contributed by atoms with van der Waals surface area (Å²) in [6.45, 7) is 0. The Kier molecular flexibility index (Phi) is 3.00. The lowest BCUT2D eigenvalue weighted by Gasteiger charge is -2.03. The van der Waals surface area contributed by atoms with Crippen molar-refractivity contribution in [2.24, 2.45) is 0 Å². The van der Waals surface area contributed by atoms with Crippen LogP contribution in [0, 0.1) is 10.1 Å². The molecule has 0 aliphatic carbocycles. The third-order valence-corrected chi connectivity index (χ3v) is 3.21. The number of nitro benzene ring substituents is 1. The maximum absolute atomic E-state index is 10.4. The van der Waals surface area contributed by atoms with Gasteiger partial charge < -0.3 is 5.73 Å². The number of nitrogens with two attached hydrogens (primary N) is 1. The standard InChI is InChI=1S/C6H3BrCl2N2O2/c7-4-5(9)2(8)1-3(6(4)10)11(12)13/h1H,10H2. The summed E-state index contributed by atoms with van der Waals surface area (Å²) in [6, 6.07) is 1.12. The van der Waals surface area contributed by atoms with Gasteiger partial charge in [0.2, 0.25) is 0 Å². The van der Waals surface area contributed by atoms with E-state index in [1.54, 1.807) is 0 Å². The van der Waals surface area contributed by atoms with Crippen LogP contribution in [0.25, 0.3) is 0 Å². The topological polar surface area (TPSA) is 69.2 Å². The van der Waals surface area contributed by atoms with Crippen LogP contribution in [0.15, 0.2) is 10.5 Å². The molecule has 0 atom stereocenters. The van der Waals surface area contributed by atoms with Crippen molar-refractivity contribution in [3.63, 3.8) is 0 Å². The first kappa shape index (κ1) is 10.6. The van der Waals surface area contributed by atoms with Crippen LogP contribution in [0.3, 0.4) is 0 Å². The maximum atomic E-state index is 10.4. The van der Waals surface area contributed by atoms with Gasteiger partial charge in [-0.05, 0) is 15.9 Å². The molecule has 70 valence electrons. The molecule has 4 nitrogen and oxygen atoms in total. The first-order valence-corrected chi connectivity index (χ1v) is 4.57. The van der Waals surface area contributed by atoms with Crippen molar-refractivity contribution < 1.29 is 4.92 Å². The molecule has 7 heteroatoms. The van der Waals surface area contributed by atoms with E-state index in [4.69, 9.17) is 28.9 Å². The van der Waals surface area contributed by atoms with E-state index in [9.17, 15) is 10.1 Å². The lowest BCUT2D eigenvalue weighted by molar-refractivity contribution is -0.383. The summed E-state index contributed by atoms with van der Waals surface area (Å²) in [7, 11) is 0. The molecule has 0 saturated carbocycles. The highest BCUT2D eigenvalue weighted by Gasteiger charge is 2.19. The molecule has 13 heavy (non-hydrogen) atoms. The zero-order valence-electron chi connectivity index (χ0n) is 6.05. The molecule has 0 aliphatic heterocycles. The molecule has 0 saturated heterocycles. The molecule has 2 N–H and O–H groups in total. The molecule has 1 aromatic carbocycles. The van der Waals surface area contributed by atoms with Gasteiger partial charge in [-0.2, -0.15) is 0 Å². The van der Waals surface area contributed by atoms with Gasteiger partial charge in [0, 0.05) is 6.07 Å².